The summed E-state index contributed by atoms with van der Waals surface area (Å²) in [7, 11) is 0. The van der Waals surface area contributed by atoms with Gasteiger partial charge in [-0.25, -0.2) is 0 Å². The second kappa shape index (κ2) is 6.97. The van der Waals surface area contributed by atoms with Crippen molar-refractivity contribution in [3.05, 3.63) is 21.5 Å². The molecule has 0 bridgehead atoms. The van der Waals surface area contributed by atoms with Crippen molar-refractivity contribution >= 4 is 22.7 Å². The van der Waals surface area contributed by atoms with Gasteiger partial charge < -0.3 is 16.8 Å². The highest BCUT2D eigenvalue weighted by molar-refractivity contribution is 7.13. The quantitative estimate of drug-likeness (QED) is 0.545. The maximum absolute atomic E-state index is 6.15. The molecule has 0 spiro atoms. The van der Waals surface area contributed by atoms with Crippen molar-refractivity contribution in [3.63, 3.8) is 0 Å². The first-order valence-electron chi connectivity index (χ1n) is 6.13. The van der Waals surface area contributed by atoms with E-state index in [1.165, 1.54) is 4.88 Å². The first-order chi connectivity index (χ1) is 8.65. The third-order valence-corrected chi connectivity index (χ3v) is 4.20. The van der Waals surface area contributed by atoms with E-state index in [0.717, 1.165) is 47.6 Å². The molecule has 0 atom stereocenters. The Morgan fingerprint density at radius 2 is 2.28 bits per heavy atom. The topological polar surface area (TPSA) is 64.1 Å². The van der Waals surface area contributed by atoms with Crippen LogP contribution in [0.3, 0.4) is 0 Å². The maximum Gasteiger partial charge on any atom is 0.0751 e. The summed E-state index contributed by atoms with van der Waals surface area (Å²) in [6.45, 7) is 4.92. The largest absolute Gasteiger partial charge is 0.403 e. The first-order valence-corrected chi connectivity index (χ1v) is 6.94. The fraction of sp³-hybridized carbons (Fsp3) is 0.429. The first kappa shape index (κ1) is 14.5. The van der Waals surface area contributed by atoms with Gasteiger partial charge in [-0.15, -0.1) is 23.7 Å². The van der Waals surface area contributed by atoms with Gasteiger partial charge in [0, 0.05) is 24.0 Å². The molecule has 4 heteroatoms. The van der Waals surface area contributed by atoms with Crippen molar-refractivity contribution in [2.24, 2.45) is 5.73 Å². The average molecular weight is 263 g/mol. The predicted octanol–water partition coefficient (Wildman–Crippen LogP) is 2.46. The maximum atomic E-state index is 6.15. The molecule has 18 heavy (non-hydrogen) atoms. The molecule has 0 amide bonds. The molecule has 1 heterocycles. The Hall–Kier alpha value is -1.60. The van der Waals surface area contributed by atoms with Crippen LogP contribution in [0.2, 0.25) is 0 Å². The van der Waals surface area contributed by atoms with Crippen LogP contribution in [0, 0.1) is 19.3 Å². The normalized spacial score (nSPS) is 11.3. The fourth-order valence-electron chi connectivity index (χ4n) is 1.77. The molecule has 0 saturated carbocycles. The summed E-state index contributed by atoms with van der Waals surface area (Å²) in [5, 5.41) is 3.23. The smallest absolute Gasteiger partial charge is 0.0751 e. The second-order valence-electron chi connectivity index (χ2n) is 4.06. The van der Waals surface area contributed by atoms with Crippen LogP contribution in [0.5, 0.6) is 0 Å². The van der Waals surface area contributed by atoms with Crippen molar-refractivity contribution in [1.29, 1.82) is 0 Å². The van der Waals surface area contributed by atoms with Gasteiger partial charge in [-0.2, -0.15) is 0 Å². The van der Waals surface area contributed by atoms with E-state index in [1.807, 2.05) is 6.92 Å². The van der Waals surface area contributed by atoms with E-state index in [4.69, 9.17) is 17.9 Å². The Bertz CT molecular complexity index is 466. The lowest BCUT2D eigenvalue weighted by Gasteiger charge is -2.06. The van der Waals surface area contributed by atoms with E-state index in [0.29, 0.717) is 0 Å². The van der Waals surface area contributed by atoms with Crippen LogP contribution in [0.1, 0.15) is 35.1 Å². The number of nitrogens with two attached hydrogens (primary N) is 2. The molecule has 0 aliphatic carbocycles. The monoisotopic (exact) mass is 263 g/mol. The predicted molar refractivity (Wildman–Crippen MR) is 81.1 cm³/mol. The molecule has 0 aliphatic rings. The number of nitrogen functional groups attached to an aromatic ring is 1. The van der Waals surface area contributed by atoms with Gasteiger partial charge in [0.1, 0.15) is 0 Å². The molecule has 0 unspecified atom stereocenters. The molecule has 0 aromatic carbocycles. The third-order valence-electron chi connectivity index (χ3n) is 2.80. The zero-order valence-electron chi connectivity index (χ0n) is 11.0. The molecule has 0 radical (unpaired) electrons. The lowest BCUT2D eigenvalue weighted by atomic mass is 10.1. The molecule has 3 nitrogen and oxygen atoms in total. The van der Waals surface area contributed by atoms with Crippen molar-refractivity contribution in [2.75, 3.05) is 12.3 Å². The standard InChI is InChI=1S/C14H21N3S/c1-4-6-7-8-12-10(3)13(16)14(18-12)11(9-15)17-5-2/h1,9,17H,5-8,15-16H2,2-3H3/b11-9+. The lowest BCUT2D eigenvalue weighted by Crippen LogP contribution is -2.12. The Kier molecular flexibility index (Phi) is 5.60. The highest BCUT2D eigenvalue weighted by atomic mass is 32.1. The summed E-state index contributed by atoms with van der Waals surface area (Å²) in [6, 6.07) is 0. The Morgan fingerprint density at radius 3 is 2.83 bits per heavy atom. The second-order valence-corrected chi connectivity index (χ2v) is 5.17. The zero-order valence-corrected chi connectivity index (χ0v) is 11.9. The van der Waals surface area contributed by atoms with Gasteiger partial charge in [0.05, 0.1) is 16.3 Å². The lowest BCUT2D eigenvalue weighted by molar-refractivity contribution is 0.867. The van der Waals surface area contributed by atoms with Gasteiger partial charge >= 0.3 is 0 Å². The number of nitrogens with one attached hydrogen (secondary N) is 1. The SMILES string of the molecule is C#CCCCc1sc(/C(=C\N)NCC)c(N)c1C. The van der Waals surface area contributed by atoms with E-state index >= 15 is 0 Å². The van der Waals surface area contributed by atoms with Crippen LogP contribution in [-0.4, -0.2) is 6.54 Å². The third kappa shape index (κ3) is 3.21. The summed E-state index contributed by atoms with van der Waals surface area (Å²) >= 11 is 1.70. The van der Waals surface area contributed by atoms with E-state index in [1.54, 1.807) is 17.5 Å². The summed E-state index contributed by atoms with van der Waals surface area (Å²) in [6.07, 6.45) is 9.63. The van der Waals surface area contributed by atoms with Gasteiger partial charge in [0.2, 0.25) is 0 Å². The van der Waals surface area contributed by atoms with Crippen LogP contribution in [-0.2, 0) is 6.42 Å². The number of rotatable bonds is 6. The van der Waals surface area contributed by atoms with Gasteiger partial charge in [-0.05, 0) is 32.3 Å². The van der Waals surface area contributed by atoms with Crippen LogP contribution in [0.4, 0.5) is 5.69 Å². The van der Waals surface area contributed by atoms with Crippen LogP contribution < -0.4 is 16.8 Å². The van der Waals surface area contributed by atoms with Gasteiger partial charge in [-0.1, -0.05) is 0 Å². The Morgan fingerprint density at radius 1 is 1.56 bits per heavy atom. The number of thiophene rings is 1. The van der Waals surface area contributed by atoms with Crippen molar-refractivity contribution in [2.45, 2.75) is 33.1 Å². The minimum absolute atomic E-state index is 0.805. The molecule has 1 rings (SSSR count). The van der Waals surface area contributed by atoms with Gasteiger partial charge in [0.15, 0.2) is 0 Å². The minimum Gasteiger partial charge on any atom is -0.403 e. The molecule has 0 aliphatic heterocycles. The van der Waals surface area contributed by atoms with Gasteiger partial charge in [0.25, 0.3) is 0 Å². The molecule has 1 aromatic heterocycles. The fourth-order valence-corrected chi connectivity index (χ4v) is 3.04. The molecule has 1 aromatic rings. The molecule has 98 valence electrons. The number of anilines is 1. The van der Waals surface area contributed by atoms with Crippen molar-refractivity contribution < 1.29 is 0 Å². The van der Waals surface area contributed by atoms with E-state index in [2.05, 4.69) is 18.2 Å². The summed E-state index contributed by atoms with van der Waals surface area (Å²) in [5.41, 5.74) is 14.7. The Balaban J connectivity index is 2.95. The van der Waals surface area contributed by atoms with E-state index in [9.17, 15) is 0 Å². The molecular weight excluding hydrogens is 242 g/mol. The molecule has 5 N–H and O–H groups in total. The van der Waals surface area contributed by atoms with E-state index in [-0.39, 0.29) is 0 Å². The van der Waals surface area contributed by atoms with Gasteiger partial charge in [-0.3, -0.25) is 0 Å². The number of aryl methyl sites for hydroxylation is 1. The average Bonchev–Trinajstić information content (AvgIpc) is 2.65. The molecule has 0 saturated heterocycles. The van der Waals surface area contributed by atoms with Crippen LogP contribution >= 0.6 is 11.3 Å². The highest BCUT2D eigenvalue weighted by Crippen LogP contribution is 2.35. The number of unbranched alkanes of at least 4 members (excludes halogenated alkanes) is 1. The van der Waals surface area contributed by atoms with Crippen molar-refractivity contribution in [3.8, 4) is 12.3 Å². The summed E-state index contributed by atoms with van der Waals surface area (Å²) in [4.78, 5) is 2.34. The van der Waals surface area contributed by atoms with Crippen LogP contribution in [0.25, 0.3) is 5.70 Å². The highest BCUT2D eigenvalue weighted by Gasteiger charge is 2.14. The number of terminal acetylenes is 1. The minimum atomic E-state index is 0.805. The molecular formula is C14H21N3S. The number of hydrogen-bond acceptors (Lipinski definition) is 4. The van der Waals surface area contributed by atoms with Crippen molar-refractivity contribution in [1.82, 2.24) is 5.32 Å². The number of hydrogen-bond donors (Lipinski definition) is 3. The summed E-state index contributed by atoms with van der Waals surface area (Å²) < 4.78 is 0. The molecule has 0 fully saturated rings. The van der Waals surface area contributed by atoms with E-state index < -0.39 is 0 Å². The zero-order chi connectivity index (χ0) is 13.5. The Labute approximate surface area is 113 Å². The van der Waals surface area contributed by atoms with Crippen LogP contribution in [0.15, 0.2) is 6.20 Å². The summed E-state index contributed by atoms with van der Waals surface area (Å²) in [5.74, 6) is 2.66.